The fourth-order valence-corrected chi connectivity index (χ4v) is 4.64. The lowest BCUT2D eigenvalue weighted by Crippen LogP contribution is -2.35. The van der Waals surface area contributed by atoms with E-state index >= 15 is 0 Å². The molecular weight excluding hydrogens is 477 g/mol. The van der Waals surface area contributed by atoms with Crippen molar-refractivity contribution in [3.05, 3.63) is 59.5 Å². The van der Waals surface area contributed by atoms with Crippen molar-refractivity contribution < 1.29 is 17.9 Å². The van der Waals surface area contributed by atoms with Gasteiger partial charge in [-0.2, -0.15) is 10.1 Å². The van der Waals surface area contributed by atoms with Crippen LogP contribution in [-0.2, 0) is 0 Å². The van der Waals surface area contributed by atoms with Gasteiger partial charge in [0.1, 0.15) is 28.9 Å². The molecule has 0 atom stereocenters. The van der Waals surface area contributed by atoms with E-state index in [-0.39, 0.29) is 16.7 Å². The van der Waals surface area contributed by atoms with Gasteiger partial charge in [0.05, 0.1) is 16.3 Å². The number of rotatable bonds is 6. The zero-order chi connectivity index (χ0) is 24.5. The minimum atomic E-state index is -0.602. The first-order valence-electron chi connectivity index (χ1n) is 11.1. The van der Waals surface area contributed by atoms with E-state index in [1.807, 2.05) is 6.92 Å². The summed E-state index contributed by atoms with van der Waals surface area (Å²) < 4.78 is 51.1. The van der Waals surface area contributed by atoms with E-state index in [2.05, 4.69) is 36.8 Å². The second-order valence-electron chi connectivity index (χ2n) is 8.48. The number of anilines is 1. The van der Waals surface area contributed by atoms with Crippen molar-refractivity contribution in [3.8, 4) is 17.3 Å². The lowest BCUT2D eigenvalue weighted by atomic mass is 10.1. The maximum Gasteiger partial charge on any atom is 0.228 e. The monoisotopic (exact) mass is 500 g/mol. The van der Waals surface area contributed by atoms with E-state index in [1.54, 1.807) is 6.07 Å². The number of aryl methyl sites for hydroxylation is 1. The van der Waals surface area contributed by atoms with Crippen LogP contribution in [0.5, 0.6) is 5.88 Å². The van der Waals surface area contributed by atoms with Crippen LogP contribution in [0.15, 0.2) is 41.3 Å². The molecule has 182 valence electrons. The Hall–Kier alpha value is -3.31. The van der Waals surface area contributed by atoms with E-state index in [9.17, 15) is 13.2 Å². The minimum Gasteiger partial charge on any atom is -0.474 e. The zero-order valence-electron chi connectivity index (χ0n) is 19.1. The molecule has 35 heavy (non-hydrogen) atoms. The predicted octanol–water partition coefficient (Wildman–Crippen LogP) is 5.34. The van der Waals surface area contributed by atoms with Gasteiger partial charge in [-0.15, -0.1) is 0 Å². The molecule has 4 aromatic rings. The van der Waals surface area contributed by atoms with Gasteiger partial charge in [0.15, 0.2) is 11.5 Å². The van der Waals surface area contributed by atoms with E-state index < -0.39 is 17.5 Å². The number of halogens is 3. The number of nitrogens with one attached hydrogen (secondary N) is 2. The van der Waals surface area contributed by atoms with E-state index in [0.29, 0.717) is 28.3 Å². The average Bonchev–Trinajstić information content (AvgIpc) is 3.22. The Balaban J connectivity index is 1.40. The minimum absolute atomic E-state index is 0.0209. The first-order chi connectivity index (χ1) is 16.9. The molecule has 1 aliphatic heterocycles. The highest BCUT2D eigenvalue weighted by atomic mass is 32.2. The zero-order valence-corrected chi connectivity index (χ0v) is 19.9. The van der Waals surface area contributed by atoms with Gasteiger partial charge in [-0.25, -0.2) is 18.2 Å². The van der Waals surface area contributed by atoms with Crippen LogP contribution in [0.3, 0.4) is 0 Å². The molecular formula is C24H23F3N6OS. The lowest BCUT2D eigenvalue weighted by molar-refractivity contribution is 0.111. The summed E-state index contributed by atoms with van der Waals surface area (Å²) in [5, 5.41) is 7.83. The number of benzene rings is 2. The summed E-state index contributed by atoms with van der Waals surface area (Å²) in [6, 6.07) is 7.52. The van der Waals surface area contributed by atoms with Crippen LogP contribution in [0.25, 0.3) is 22.4 Å². The molecule has 2 N–H and O–H groups in total. The number of hydrogen-bond acceptors (Lipinski definition) is 7. The Morgan fingerprint density at radius 2 is 1.86 bits per heavy atom. The molecule has 0 amide bonds. The average molecular weight is 501 g/mol. The van der Waals surface area contributed by atoms with Crippen molar-refractivity contribution in [1.82, 2.24) is 25.1 Å². The molecule has 2 aromatic carbocycles. The van der Waals surface area contributed by atoms with E-state index in [1.165, 1.54) is 12.1 Å². The van der Waals surface area contributed by atoms with Gasteiger partial charge in [0.25, 0.3) is 0 Å². The number of fused-ring (bicyclic) bond motifs is 1. The summed E-state index contributed by atoms with van der Waals surface area (Å²) in [6.45, 7) is 3.73. The molecule has 1 saturated heterocycles. The number of hydrogen-bond donors (Lipinski definition) is 2. The standard InChI is InChI=1S/C24H23F3N6OS/c1-13-21-23(31-30-13)28-22(29-24(21)34-16-7-9-33(2)10-8-16)14-3-6-19(18(27)11-14)32-35-20-12-15(25)4-5-17(20)26/h3-6,11-12,16,32H,7-10H2,1-2H3,(H,28,29,30,31). The molecule has 1 aliphatic rings. The summed E-state index contributed by atoms with van der Waals surface area (Å²) >= 11 is 0.784. The fraction of sp³-hybridized carbons (Fsp3) is 0.292. The molecule has 0 unspecified atom stereocenters. The SMILES string of the molecule is Cc1n[nH]c2nc(-c3ccc(NSc4cc(F)ccc4F)c(F)c3)nc(OC3CCN(C)CC3)c12. The summed E-state index contributed by atoms with van der Waals surface area (Å²) in [6.07, 6.45) is 1.79. The highest BCUT2D eigenvalue weighted by Crippen LogP contribution is 2.32. The quantitative estimate of drug-likeness (QED) is 0.346. The van der Waals surface area contributed by atoms with Crippen molar-refractivity contribution in [3.63, 3.8) is 0 Å². The van der Waals surface area contributed by atoms with Crippen molar-refractivity contribution in [2.24, 2.45) is 0 Å². The number of ether oxygens (including phenoxy) is 1. The van der Waals surface area contributed by atoms with Gasteiger partial charge >= 0.3 is 0 Å². The van der Waals surface area contributed by atoms with Crippen LogP contribution in [0.1, 0.15) is 18.5 Å². The summed E-state index contributed by atoms with van der Waals surface area (Å²) in [5.74, 6) is -1.06. The number of aromatic amines is 1. The number of nitrogens with zero attached hydrogens (tertiary/aromatic N) is 4. The second kappa shape index (κ2) is 9.74. The van der Waals surface area contributed by atoms with Crippen LogP contribution >= 0.6 is 11.9 Å². The Morgan fingerprint density at radius 1 is 1.06 bits per heavy atom. The molecule has 5 rings (SSSR count). The normalized spacial score (nSPS) is 15.0. The van der Waals surface area contributed by atoms with Crippen molar-refractivity contribution in [2.75, 3.05) is 24.9 Å². The molecule has 0 spiro atoms. The smallest absolute Gasteiger partial charge is 0.228 e. The summed E-state index contributed by atoms with van der Waals surface area (Å²) in [5.41, 5.74) is 1.79. The number of piperidine rings is 1. The molecule has 0 saturated carbocycles. The first-order valence-corrected chi connectivity index (χ1v) is 11.9. The maximum absolute atomic E-state index is 14.9. The molecule has 0 bridgehead atoms. The molecule has 0 aliphatic carbocycles. The third-order valence-corrected chi connectivity index (χ3v) is 6.76. The van der Waals surface area contributed by atoms with E-state index in [0.717, 1.165) is 61.8 Å². The Kier molecular flexibility index (Phi) is 6.52. The Bertz CT molecular complexity index is 1370. The molecule has 0 radical (unpaired) electrons. The topological polar surface area (TPSA) is 79.0 Å². The van der Waals surface area contributed by atoms with E-state index in [4.69, 9.17) is 4.74 Å². The molecule has 2 aromatic heterocycles. The first kappa shape index (κ1) is 23.4. The highest BCUT2D eigenvalue weighted by molar-refractivity contribution is 8.00. The summed E-state index contributed by atoms with van der Waals surface area (Å²) in [7, 11) is 2.08. The number of aromatic nitrogens is 4. The van der Waals surface area contributed by atoms with Crippen molar-refractivity contribution in [1.29, 1.82) is 0 Å². The number of likely N-dealkylation sites (tertiary alicyclic amines) is 1. The van der Waals surface area contributed by atoms with Gasteiger partial charge in [-0.3, -0.25) is 5.10 Å². The van der Waals surface area contributed by atoms with Gasteiger partial charge < -0.3 is 14.4 Å². The van der Waals surface area contributed by atoms with Gasteiger partial charge in [-0.1, -0.05) is 0 Å². The molecule has 3 heterocycles. The third kappa shape index (κ3) is 5.06. The highest BCUT2D eigenvalue weighted by Gasteiger charge is 2.22. The Labute approximate surface area is 204 Å². The largest absolute Gasteiger partial charge is 0.474 e. The maximum atomic E-state index is 14.9. The molecule has 1 fully saturated rings. The van der Waals surface area contributed by atoms with Crippen molar-refractivity contribution >= 4 is 28.7 Å². The van der Waals surface area contributed by atoms with Gasteiger partial charge in [-0.05, 0) is 75.2 Å². The Morgan fingerprint density at radius 3 is 2.63 bits per heavy atom. The third-order valence-electron chi connectivity index (χ3n) is 5.90. The van der Waals surface area contributed by atoms with Gasteiger partial charge in [0.2, 0.25) is 5.88 Å². The fourth-order valence-electron chi connectivity index (χ4n) is 3.92. The van der Waals surface area contributed by atoms with Crippen LogP contribution in [0, 0.1) is 24.4 Å². The van der Waals surface area contributed by atoms with Crippen molar-refractivity contribution in [2.45, 2.75) is 30.8 Å². The van der Waals surface area contributed by atoms with Crippen LogP contribution in [-0.4, -0.2) is 51.3 Å². The summed E-state index contributed by atoms with van der Waals surface area (Å²) in [4.78, 5) is 11.4. The predicted molar refractivity (Wildman–Crippen MR) is 129 cm³/mol. The van der Waals surface area contributed by atoms with Crippen LogP contribution in [0.2, 0.25) is 0 Å². The van der Waals surface area contributed by atoms with Gasteiger partial charge in [0, 0.05) is 18.7 Å². The lowest BCUT2D eigenvalue weighted by Gasteiger charge is -2.29. The molecule has 11 heteroatoms. The molecule has 7 nitrogen and oxygen atoms in total. The number of H-pyrrole nitrogens is 1. The second-order valence-corrected chi connectivity index (χ2v) is 9.33. The van der Waals surface area contributed by atoms with Crippen LogP contribution < -0.4 is 9.46 Å². The van der Waals surface area contributed by atoms with Crippen LogP contribution in [0.4, 0.5) is 18.9 Å².